The fourth-order valence-corrected chi connectivity index (χ4v) is 4.53. The summed E-state index contributed by atoms with van der Waals surface area (Å²) in [6.07, 6.45) is 11.6. The van der Waals surface area contributed by atoms with Crippen molar-refractivity contribution in [3.8, 4) is 0 Å². The minimum atomic E-state index is -1.23. The van der Waals surface area contributed by atoms with E-state index in [0.717, 1.165) is 44.9 Å². The van der Waals surface area contributed by atoms with Gasteiger partial charge in [-0.25, -0.2) is 0 Å². The molecule has 4 heteroatoms. The molecular formula is C22H42O4. The molecule has 0 spiro atoms. The smallest absolute Gasteiger partial charge is 0.288 e. The molecule has 0 amide bonds. The highest BCUT2D eigenvalue weighted by Crippen LogP contribution is 2.51. The molecule has 0 saturated heterocycles. The molecule has 0 aromatic rings. The lowest BCUT2D eigenvalue weighted by atomic mass is 9.63. The zero-order chi connectivity index (χ0) is 20.1. The molecule has 0 rings (SSSR count). The van der Waals surface area contributed by atoms with Gasteiger partial charge in [0.1, 0.15) is 0 Å². The lowest BCUT2D eigenvalue weighted by Gasteiger charge is -2.50. The van der Waals surface area contributed by atoms with E-state index in [1.807, 2.05) is 0 Å². The monoisotopic (exact) mass is 370 g/mol. The molecule has 0 aliphatic rings. The summed E-state index contributed by atoms with van der Waals surface area (Å²) in [5.41, 5.74) is -0.537. The highest BCUT2D eigenvalue weighted by molar-refractivity contribution is 5.91. The Morgan fingerprint density at radius 2 is 1.38 bits per heavy atom. The molecule has 1 atom stereocenters. The second-order valence-electron chi connectivity index (χ2n) is 7.19. The molecule has 0 aromatic carbocycles. The average Bonchev–Trinajstić information content (AvgIpc) is 2.66. The Balaban J connectivity index is 5.90. The number of ketones is 1. The van der Waals surface area contributed by atoms with E-state index in [0.29, 0.717) is 0 Å². The van der Waals surface area contributed by atoms with Gasteiger partial charge in [0.05, 0.1) is 5.41 Å². The van der Waals surface area contributed by atoms with Crippen LogP contribution in [0.15, 0.2) is 12.7 Å². The number of carbonyl (C=O) groups is 1. The van der Waals surface area contributed by atoms with Gasteiger partial charge in [0.25, 0.3) is 5.97 Å². The van der Waals surface area contributed by atoms with E-state index >= 15 is 0 Å². The predicted octanol–water partition coefficient (Wildman–Crippen LogP) is 5.90. The Morgan fingerprint density at radius 3 is 1.77 bits per heavy atom. The van der Waals surface area contributed by atoms with Crippen molar-refractivity contribution in [2.45, 2.75) is 91.0 Å². The van der Waals surface area contributed by atoms with Gasteiger partial charge in [-0.15, -0.1) is 0 Å². The van der Waals surface area contributed by atoms with Crippen molar-refractivity contribution < 1.29 is 19.0 Å². The normalized spacial score (nSPS) is 13.6. The quantitative estimate of drug-likeness (QED) is 0.182. The Kier molecular flexibility index (Phi) is 13.1. The van der Waals surface area contributed by atoms with E-state index < -0.39 is 11.4 Å². The number of allylic oxidation sites excluding steroid dienone is 1. The Bertz CT molecular complexity index is 373. The number of hydrogen-bond donors (Lipinski definition) is 0. The van der Waals surface area contributed by atoms with Crippen LogP contribution < -0.4 is 0 Å². The van der Waals surface area contributed by atoms with Crippen LogP contribution in [0.5, 0.6) is 0 Å². The first-order valence-electron chi connectivity index (χ1n) is 10.3. The molecule has 0 saturated carbocycles. The molecule has 0 N–H and O–H groups in total. The summed E-state index contributed by atoms with van der Waals surface area (Å²) in [4.78, 5) is 12.9. The van der Waals surface area contributed by atoms with Crippen molar-refractivity contribution in [3.63, 3.8) is 0 Å². The highest BCUT2D eigenvalue weighted by Gasteiger charge is 2.58. The van der Waals surface area contributed by atoms with Crippen LogP contribution in [0.1, 0.15) is 85.0 Å². The van der Waals surface area contributed by atoms with E-state index in [1.54, 1.807) is 21.3 Å². The van der Waals surface area contributed by atoms with E-state index in [-0.39, 0.29) is 11.7 Å². The maximum absolute atomic E-state index is 12.9. The largest absolute Gasteiger partial charge is 0.330 e. The van der Waals surface area contributed by atoms with Gasteiger partial charge < -0.3 is 14.2 Å². The van der Waals surface area contributed by atoms with E-state index in [2.05, 4.69) is 27.4 Å². The zero-order valence-electron chi connectivity index (χ0n) is 18.1. The number of ether oxygens (including phenoxy) is 3. The SMILES string of the molecule is C=CC(=O)C(CCCCCCC)C(CCC)(CCC)C(OC)(OC)OC. The molecule has 0 fully saturated rings. The molecule has 0 aliphatic heterocycles. The van der Waals surface area contributed by atoms with Crippen LogP contribution in [-0.2, 0) is 19.0 Å². The van der Waals surface area contributed by atoms with Gasteiger partial charge in [0, 0.05) is 27.2 Å². The van der Waals surface area contributed by atoms with Gasteiger partial charge in [0.2, 0.25) is 0 Å². The maximum Gasteiger partial charge on any atom is 0.288 e. The van der Waals surface area contributed by atoms with Crippen molar-refractivity contribution in [2.24, 2.45) is 11.3 Å². The number of methoxy groups -OCH3 is 3. The van der Waals surface area contributed by atoms with Crippen LogP contribution >= 0.6 is 0 Å². The summed E-state index contributed by atoms with van der Waals surface area (Å²) in [6, 6.07) is 0. The molecular weight excluding hydrogens is 328 g/mol. The van der Waals surface area contributed by atoms with Crippen molar-refractivity contribution in [2.75, 3.05) is 21.3 Å². The number of unbranched alkanes of at least 4 members (excludes halogenated alkanes) is 4. The molecule has 1 unspecified atom stereocenters. The molecule has 0 aliphatic carbocycles. The van der Waals surface area contributed by atoms with Gasteiger partial charge in [-0.05, 0) is 25.3 Å². The minimum absolute atomic E-state index is 0.0675. The molecule has 4 nitrogen and oxygen atoms in total. The number of hydrogen-bond acceptors (Lipinski definition) is 4. The average molecular weight is 371 g/mol. The highest BCUT2D eigenvalue weighted by atomic mass is 16.9. The second kappa shape index (κ2) is 13.5. The third kappa shape index (κ3) is 5.90. The standard InChI is InChI=1S/C22H42O4/c1-8-12-13-14-15-16-19(20(23)11-4)21(17-9-2,18-10-3)22(24-5,25-6)26-7/h11,19H,4,8-10,12-18H2,1-3,5-7H3. The van der Waals surface area contributed by atoms with Crippen LogP contribution in [0.4, 0.5) is 0 Å². The second-order valence-corrected chi connectivity index (χ2v) is 7.19. The first kappa shape index (κ1) is 25.3. The Morgan fingerprint density at radius 1 is 0.885 bits per heavy atom. The summed E-state index contributed by atoms with van der Waals surface area (Å²) >= 11 is 0. The van der Waals surface area contributed by atoms with Crippen LogP contribution in [-0.4, -0.2) is 33.1 Å². The minimum Gasteiger partial charge on any atom is -0.330 e. The zero-order valence-corrected chi connectivity index (χ0v) is 18.1. The third-order valence-electron chi connectivity index (χ3n) is 5.62. The van der Waals surface area contributed by atoms with Gasteiger partial charge in [-0.1, -0.05) is 72.3 Å². The maximum atomic E-state index is 12.9. The lowest BCUT2D eigenvalue weighted by molar-refractivity contribution is -0.416. The van der Waals surface area contributed by atoms with Crippen LogP contribution in [0, 0.1) is 11.3 Å². The molecule has 0 aromatic heterocycles. The lowest BCUT2D eigenvalue weighted by Crippen LogP contribution is -2.58. The van der Waals surface area contributed by atoms with E-state index in [9.17, 15) is 4.79 Å². The van der Waals surface area contributed by atoms with E-state index in [4.69, 9.17) is 14.2 Å². The van der Waals surface area contributed by atoms with Crippen molar-refractivity contribution in [1.29, 1.82) is 0 Å². The van der Waals surface area contributed by atoms with Gasteiger partial charge in [-0.2, -0.15) is 0 Å². The van der Waals surface area contributed by atoms with Gasteiger partial charge in [-0.3, -0.25) is 4.79 Å². The molecule has 0 radical (unpaired) electrons. The van der Waals surface area contributed by atoms with Crippen LogP contribution in [0.2, 0.25) is 0 Å². The first-order chi connectivity index (χ1) is 12.5. The summed E-state index contributed by atoms with van der Waals surface area (Å²) in [7, 11) is 4.80. The molecule has 0 bridgehead atoms. The fourth-order valence-electron chi connectivity index (χ4n) is 4.53. The Labute approximate surface area is 161 Å². The van der Waals surface area contributed by atoms with Crippen molar-refractivity contribution in [1.82, 2.24) is 0 Å². The summed E-state index contributed by atoms with van der Waals surface area (Å²) < 4.78 is 17.4. The van der Waals surface area contributed by atoms with Crippen LogP contribution in [0.25, 0.3) is 0 Å². The van der Waals surface area contributed by atoms with Gasteiger partial charge >= 0.3 is 0 Å². The summed E-state index contributed by atoms with van der Waals surface area (Å²) in [5.74, 6) is -1.38. The fraction of sp³-hybridized carbons (Fsp3) is 0.864. The topological polar surface area (TPSA) is 44.8 Å². The van der Waals surface area contributed by atoms with Crippen molar-refractivity contribution >= 4 is 5.78 Å². The van der Waals surface area contributed by atoms with E-state index in [1.165, 1.54) is 25.3 Å². The molecule has 154 valence electrons. The molecule has 0 heterocycles. The summed E-state index contributed by atoms with van der Waals surface area (Å²) in [5, 5.41) is 0. The predicted molar refractivity (Wildman–Crippen MR) is 108 cm³/mol. The van der Waals surface area contributed by atoms with Gasteiger partial charge in [0.15, 0.2) is 5.78 Å². The Hall–Kier alpha value is -0.710. The van der Waals surface area contributed by atoms with Crippen LogP contribution in [0.3, 0.4) is 0 Å². The summed E-state index contributed by atoms with van der Waals surface area (Å²) in [6.45, 7) is 10.2. The molecule has 26 heavy (non-hydrogen) atoms. The first-order valence-corrected chi connectivity index (χ1v) is 10.3. The third-order valence-corrected chi connectivity index (χ3v) is 5.62. The number of rotatable bonds is 17. The number of carbonyl (C=O) groups excluding carboxylic acids is 1. The van der Waals surface area contributed by atoms with Crippen molar-refractivity contribution in [3.05, 3.63) is 12.7 Å².